The molecule has 6 heteroatoms. The molecule has 1 aliphatic rings. The average Bonchev–Trinajstić information content (AvgIpc) is 2.40. The van der Waals surface area contributed by atoms with Crippen LogP contribution in [0.25, 0.3) is 0 Å². The van der Waals surface area contributed by atoms with Gasteiger partial charge in [-0.2, -0.15) is 0 Å². The first kappa shape index (κ1) is 12.9. The highest BCUT2D eigenvalue weighted by molar-refractivity contribution is 7.80. The van der Waals surface area contributed by atoms with Crippen molar-refractivity contribution in [3.8, 4) is 5.88 Å². The van der Waals surface area contributed by atoms with E-state index < -0.39 is 0 Å². The van der Waals surface area contributed by atoms with E-state index in [-0.39, 0.29) is 6.10 Å². The van der Waals surface area contributed by atoms with Crippen LogP contribution in [0.5, 0.6) is 5.88 Å². The summed E-state index contributed by atoms with van der Waals surface area (Å²) in [4.78, 5) is 6.85. The maximum atomic E-state index is 5.92. The Morgan fingerprint density at radius 3 is 3.12 bits per heavy atom. The molecule has 17 heavy (non-hydrogen) atoms. The normalized spacial score (nSPS) is 19.6. The Labute approximate surface area is 116 Å². The summed E-state index contributed by atoms with van der Waals surface area (Å²) >= 11 is 17.1. The van der Waals surface area contributed by atoms with Gasteiger partial charge in [-0.3, -0.25) is 0 Å². The number of likely N-dealkylation sites (N-methyl/N-ethyl adjacent to an activating group) is 1. The first-order valence-electron chi connectivity index (χ1n) is 5.25. The molecular formula is C11H12Cl2N2OS. The van der Waals surface area contributed by atoms with Crippen molar-refractivity contribution in [2.24, 2.45) is 0 Å². The van der Waals surface area contributed by atoms with Crippen LogP contribution < -0.4 is 4.74 Å². The highest BCUT2D eigenvalue weighted by Gasteiger charge is 2.25. The maximum Gasteiger partial charge on any atom is 0.224 e. The van der Waals surface area contributed by atoms with Crippen molar-refractivity contribution < 1.29 is 4.74 Å². The summed E-state index contributed by atoms with van der Waals surface area (Å²) in [6, 6.07) is 1.78. The molecule has 1 atom stereocenters. The largest absolute Gasteiger partial charge is 0.472 e. The van der Waals surface area contributed by atoms with Crippen molar-refractivity contribution in [3.63, 3.8) is 0 Å². The first-order valence-corrected chi connectivity index (χ1v) is 6.57. The number of fused-ring (bicyclic) bond motifs is 1. The Morgan fingerprint density at radius 1 is 1.65 bits per heavy atom. The smallest absolute Gasteiger partial charge is 0.224 e. The number of alkyl halides is 1. The van der Waals surface area contributed by atoms with E-state index in [0.29, 0.717) is 28.3 Å². The second kappa shape index (κ2) is 5.38. The average molecular weight is 291 g/mol. The van der Waals surface area contributed by atoms with Gasteiger partial charge in [0.2, 0.25) is 5.88 Å². The molecule has 0 radical (unpaired) electrons. The van der Waals surface area contributed by atoms with Crippen LogP contribution in [0.1, 0.15) is 12.0 Å². The van der Waals surface area contributed by atoms with Gasteiger partial charge in [0.25, 0.3) is 0 Å². The van der Waals surface area contributed by atoms with E-state index in [0.717, 1.165) is 12.0 Å². The Kier molecular flexibility index (Phi) is 4.07. The van der Waals surface area contributed by atoms with Crippen LogP contribution in [0.3, 0.4) is 0 Å². The molecule has 0 spiro atoms. The summed E-state index contributed by atoms with van der Waals surface area (Å²) in [6.07, 6.45) is 2.33. The summed E-state index contributed by atoms with van der Waals surface area (Å²) in [7, 11) is 1.93. The quantitative estimate of drug-likeness (QED) is 0.618. The molecule has 0 amide bonds. The van der Waals surface area contributed by atoms with Crippen LogP contribution in [-0.4, -0.2) is 40.4 Å². The topological polar surface area (TPSA) is 25.4 Å². The second-order valence-corrected chi connectivity index (χ2v) is 5.11. The number of rotatable bonds is 2. The Morgan fingerprint density at radius 2 is 2.41 bits per heavy atom. The van der Waals surface area contributed by atoms with Crippen molar-refractivity contribution in [2.75, 3.05) is 19.5 Å². The molecule has 3 nitrogen and oxygen atoms in total. The summed E-state index contributed by atoms with van der Waals surface area (Å²) in [6.45, 7) is 0.708. The molecule has 0 aliphatic carbocycles. The molecule has 1 aromatic heterocycles. The maximum absolute atomic E-state index is 5.92. The van der Waals surface area contributed by atoms with E-state index in [4.69, 9.17) is 40.2 Å². The number of nitrogens with zero attached hydrogens (tertiary/aromatic N) is 2. The van der Waals surface area contributed by atoms with Crippen molar-refractivity contribution in [1.29, 1.82) is 0 Å². The highest BCUT2D eigenvalue weighted by atomic mass is 35.5. The zero-order valence-electron chi connectivity index (χ0n) is 9.32. The lowest BCUT2D eigenvalue weighted by Gasteiger charge is -2.20. The van der Waals surface area contributed by atoms with Crippen LogP contribution in [0.15, 0.2) is 12.3 Å². The van der Waals surface area contributed by atoms with Gasteiger partial charge in [0.1, 0.15) is 11.1 Å². The second-order valence-electron chi connectivity index (χ2n) is 3.91. The standard InChI is InChI=1S/C11H12Cl2N2OS/c1-15-6-8(2-3-12)16-10-9(11(15)17)4-7(13)5-14-10/h4-5,8H,2-3,6H2,1H3. The van der Waals surface area contributed by atoms with Gasteiger partial charge in [-0.25, -0.2) is 4.98 Å². The van der Waals surface area contributed by atoms with Crippen LogP contribution in [-0.2, 0) is 0 Å². The molecule has 0 aromatic carbocycles. The van der Waals surface area contributed by atoms with E-state index in [9.17, 15) is 0 Å². The SMILES string of the molecule is CN1CC(CCCl)Oc2ncc(Cl)cc2C1=S. The number of hydrogen-bond donors (Lipinski definition) is 0. The minimum atomic E-state index is 0.00498. The van der Waals surface area contributed by atoms with Crippen molar-refractivity contribution in [2.45, 2.75) is 12.5 Å². The molecule has 0 N–H and O–H groups in total. The van der Waals surface area contributed by atoms with E-state index in [1.54, 1.807) is 12.3 Å². The fourth-order valence-electron chi connectivity index (χ4n) is 1.73. The molecule has 2 heterocycles. The van der Waals surface area contributed by atoms with Gasteiger partial charge in [0.15, 0.2) is 0 Å². The molecule has 0 fully saturated rings. The fourth-order valence-corrected chi connectivity index (χ4v) is 2.36. The molecule has 0 saturated carbocycles. The van der Waals surface area contributed by atoms with E-state index in [1.165, 1.54) is 0 Å². The predicted octanol–water partition coefficient (Wildman–Crippen LogP) is 2.73. The lowest BCUT2D eigenvalue weighted by atomic mass is 10.2. The minimum Gasteiger partial charge on any atom is -0.472 e. The summed E-state index contributed by atoms with van der Waals surface area (Å²) in [5, 5.41) is 0.555. The summed E-state index contributed by atoms with van der Waals surface area (Å²) in [5.41, 5.74) is 0.770. The lowest BCUT2D eigenvalue weighted by molar-refractivity contribution is 0.172. The molecular weight excluding hydrogens is 279 g/mol. The number of halogens is 2. The van der Waals surface area contributed by atoms with Crippen LogP contribution in [0.2, 0.25) is 5.02 Å². The van der Waals surface area contributed by atoms with Gasteiger partial charge in [-0.1, -0.05) is 23.8 Å². The molecule has 0 saturated heterocycles. The highest BCUT2D eigenvalue weighted by Crippen LogP contribution is 2.26. The molecule has 1 aliphatic heterocycles. The number of ether oxygens (including phenoxy) is 1. The lowest BCUT2D eigenvalue weighted by Crippen LogP contribution is -2.33. The molecule has 1 unspecified atom stereocenters. The third-order valence-electron chi connectivity index (χ3n) is 2.58. The third kappa shape index (κ3) is 2.81. The first-order chi connectivity index (χ1) is 8.11. The fraction of sp³-hybridized carbons (Fsp3) is 0.455. The summed E-state index contributed by atoms with van der Waals surface area (Å²) < 4.78 is 5.81. The zero-order valence-corrected chi connectivity index (χ0v) is 11.6. The monoisotopic (exact) mass is 290 g/mol. The zero-order chi connectivity index (χ0) is 12.4. The van der Waals surface area contributed by atoms with Gasteiger partial charge in [0.05, 0.1) is 17.1 Å². The van der Waals surface area contributed by atoms with E-state index in [1.807, 2.05) is 11.9 Å². The van der Waals surface area contributed by atoms with Crippen LogP contribution >= 0.6 is 35.4 Å². The van der Waals surface area contributed by atoms with Gasteiger partial charge >= 0.3 is 0 Å². The van der Waals surface area contributed by atoms with Gasteiger partial charge < -0.3 is 9.64 Å². The van der Waals surface area contributed by atoms with Crippen molar-refractivity contribution >= 4 is 40.4 Å². The third-order valence-corrected chi connectivity index (χ3v) is 3.54. The van der Waals surface area contributed by atoms with Crippen molar-refractivity contribution in [3.05, 3.63) is 22.8 Å². The predicted molar refractivity (Wildman–Crippen MR) is 73.3 cm³/mol. The number of pyridine rings is 1. The van der Waals surface area contributed by atoms with Crippen LogP contribution in [0, 0.1) is 0 Å². The number of thiocarbonyl (C=S) groups is 1. The van der Waals surface area contributed by atoms with E-state index in [2.05, 4.69) is 4.98 Å². The Hall–Kier alpha value is -0.580. The molecule has 2 rings (SSSR count). The van der Waals surface area contributed by atoms with Gasteiger partial charge in [-0.15, -0.1) is 11.6 Å². The number of hydrogen-bond acceptors (Lipinski definition) is 3. The minimum absolute atomic E-state index is 0.00498. The van der Waals surface area contributed by atoms with Gasteiger partial charge in [0, 0.05) is 19.1 Å². The molecule has 1 aromatic rings. The van der Waals surface area contributed by atoms with Crippen LogP contribution in [0.4, 0.5) is 0 Å². The van der Waals surface area contributed by atoms with Crippen molar-refractivity contribution in [1.82, 2.24) is 9.88 Å². The number of aromatic nitrogens is 1. The van der Waals surface area contributed by atoms with Gasteiger partial charge in [-0.05, 0) is 12.5 Å². The Bertz CT molecular complexity index is 441. The summed E-state index contributed by atoms with van der Waals surface area (Å²) in [5.74, 6) is 1.09. The van der Waals surface area contributed by atoms with E-state index >= 15 is 0 Å². The molecule has 0 bridgehead atoms. The Balaban J connectivity index is 2.37. The molecule has 92 valence electrons.